The number of rotatable bonds is 12. The Balaban J connectivity index is 1.39. The maximum Gasteiger partial charge on any atom is 0.309 e. The van der Waals surface area contributed by atoms with E-state index >= 15 is 0 Å². The zero-order valence-corrected chi connectivity index (χ0v) is 24.0. The lowest BCUT2D eigenvalue weighted by Gasteiger charge is -2.37. The molecule has 3 heterocycles. The third-order valence-corrected chi connectivity index (χ3v) is 8.38. The van der Waals surface area contributed by atoms with Crippen LogP contribution in [0.25, 0.3) is 10.9 Å². The van der Waals surface area contributed by atoms with Gasteiger partial charge in [-0.05, 0) is 67.1 Å². The normalized spacial score (nSPS) is 16.4. The van der Waals surface area contributed by atoms with E-state index in [9.17, 15) is 4.79 Å². The van der Waals surface area contributed by atoms with Crippen molar-refractivity contribution in [2.24, 2.45) is 0 Å². The van der Waals surface area contributed by atoms with Gasteiger partial charge in [0.2, 0.25) is 0 Å². The molecule has 0 spiro atoms. The largest absolute Gasteiger partial charge is 0.497 e. The number of aryl methyl sites for hydroxylation is 2. The van der Waals surface area contributed by atoms with E-state index in [1.807, 2.05) is 24.6 Å². The molecule has 5 aromatic rings. The molecule has 1 aliphatic heterocycles. The molecule has 6 rings (SSSR count). The molecule has 215 valence electrons. The number of piperidine rings is 1. The number of H-pyrrole nitrogens is 1. The molecule has 8 heteroatoms. The van der Waals surface area contributed by atoms with Crippen LogP contribution in [0.2, 0.25) is 0 Å². The Morgan fingerprint density at radius 1 is 1.00 bits per heavy atom. The fourth-order valence-electron chi connectivity index (χ4n) is 6.15. The van der Waals surface area contributed by atoms with Gasteiger partial charge in [-0.1, -0.05) is 60.7 Å². The topological polar surface area (TPSA) is 88.1 Å². The van der Waals surface area contributed by atoms with Crippen LogP contribution >= 0.6 is 0 Å². The summed E-state index contributed by atoms with van der Waals surface area (Å²) < 4.78 is 7.72. The molecule has 1 aliphatic rings. The summed E-state index contributed by atoms with van der Waals surface area (Å²) in [6, 6.07) is 27.2. The summed E-state index contributed by atoms with van der Waals surface area (Å²) in [5.74, 6) is 2.76. The number of amides is 1. The molecule has 1 amide bonds. The van der Waals surface area contributed by atoms with Crippen molar-refractivity contribution in [3.8, 4) is 5.75 Å². The van der Waals surface area contributed by atoms with Crippen LogP contribution in [0, 0.1) is 0 Å². The van der Waals surface area contributed by atoms with E-state index in [1.165, 1.54) is 16.5 Å². The lowest BCUT2D eigenvalue weighted by atomic mass is 9.98. The number of aromatic amines is 1. The average molecular weight is 562 g/mol. The van der Waals surface area contributed by atoms with Crippen LogP contribution in [-0.4, -0.2) is 57.3 Å². The van der Waals surface area contributed by atoms with Gasteiger partial charge in [0.1, 0.15) is 11.6 Å². The number of benzene rings is 3. The lowest BCUT2D eigenvalue weighted by molar-refractivity contribution is 0.134. The van der Waals surface area contributed by atoms with Crippen molar-refractivity contribution in [1.29, 1.82) is 0 Å². The molecule has 0 bridgehead atoms. The number of nitrogens with zero attached hydrogens (tertiary/aromatic N) is 4. The van der Waals surface area contributed by atoms with Crippen molar-refractivity contribution in [3.05, 3.63) is 113 Å². The second-order valence-electron chi connectivity index (χ2n) is 11.1. The molecule has 0 unspecified atom stereocenters. The predicted octanol–water partition coefficient (Wildman–Crippen LogP) is 5.01. The molecule has 0 saturated carbocycles. The van der Waals surface area contributed by atoms with Gasteiger partial charge in [-0.2, -0.15) is 0 Å². The zero-order valence-electron chi connectivity index (χ0n) is 24.0. The molecular formula is C34H37N6O2. The maximum atomic E-state index is 11.2. The number of hydrogen-bond acceptors (Lipinski definition) is 5. The van der Waals surface area contributed by atoms with Crippen molar-refractivity contribution in [1.82, 2.24) is 30.0 Å². The highest BCUT2D eigenvalue weighted by molar-refractivity contribution is 5.83. The maximum absolute atomic E-state index is 11.2. The second kappa shape index (κ2) is 13.0. The molecule has 2 atom stereocenters. The van der Waals surface area contributed by atoms with E-state index in [0.29, 0.717) is 6.54 Å². The number of carbonyl (C=O) groups excluding carboxylic acids is 1. The van der Waals surface area contributed by atoms with Crippen molar-refractivity contribution < 1.29 is 9.53 Å². The number of fused-ring (bicyclic) bond motifs is 1. The van der Waals surface area contributed by atoms with Crippen molar-refractivity contribution in [2.45, 2.75) is 50.7 Å². The van der Waals surface area contributed by atoms with Gasteiger partial charge in [0.25, 0.3) is 0 Å². The third kappa shape index (κ3) is 6.24. The lowest BCUT2D eigenvalue weighted by Crippen LogP contribution is -2.47. The molecular weight excluding hydrogens is 524 g/mol. The van der Waals surface area contributed by atoms with Gasteiger partial charge in [-0.15, -0.1) is 10.2 Å². The van der Waals surface area contributed by atoms with E-state index in [0.717, 1.165) is 73.7 Å². The number of nitrogens with one attached hydrogen (secondary N) is 2. The highest BCUT2D eigenvalue weighted by Crippen LogP contribution is 2.31. The fraction of sp³-hybridized carbons (Fsp3) is 0.324. The first-order valence-corrected chi connectivity index (χ1v) is 14.7. The summed E-state index contributed by atoms with van der Waals surface area (Å²) in [4.78, 5) is 17.1. The summed E-state index contributed by atoms with van der Waals surface area (Å²) in [6.45, 7) is 2.34. The van der Waals surface area contributed by atoms with Gasteiger partial charge in [0, 0.05) is 36.1 Å². The number of hydrogen-bond donors (Lipinski definition) is 2. The molecule has 0 aliphatic carbocycles. The Morgan fingerprint density at radius 2 is 1.81 bits per heavy atom. The van der Waals surface area contributed by atoms with Gasteiger partial charge >= 0.3 is 6.41 Å². The first-order valence-electron chi connectivity index (χ1n) is 14.7. The van der Waals surface area contributed by atoms with E-state index in [-0.39, 0.29) is 12.1 Å². The van der Waals surface area contributed by atoms with Crippen LogP contribution < -0.4 is 10.1 Å². The summed E-state index contributed by atoms with van der Waals surface area (Å²) in [5.41, 5.74) is 4.82. The Labute approximate surface area is 246 Å². The zero-order chi connectivity index (χ0) is 28.7. The number of aromatic nitrogens is 4. The van der Waals surface area contributed by atoms with Crippen LogP contribution in [0.3, 0.4) is 0 Å². The number of ether oxygens (including phenoxy) is 1. The highest BCUT2D eigenvalue weighted by atomic mass is 16.5. The van der Waals surface area contributed by atoms with Crippen LogP contribution in [0.1, 0.15) is 47.2 Å². The summed E-state index contributed by atoms with van der Waals surface area (Å²) in [6.07, 6.45) is 8.45. The molecule has 3 aromatic carbocycles. The minimum atomic E-state index is -0.0170. The summed E-state index contributed by atoms with van der Waals surface area (Å²) in [7, 11) is 1.69. The van der Waals surface area contributed by atoms with Crippen LogP contribution in [0.5, 0.6) is 5.75 Å². The van der Waals surface area contributed by atoms with Gasteiger partial charge in [-0.3, -0.25) is 9.69 Å². The predicted molar refractivity (Wildman–Crippen MR) is 164 cm³/mol. The van der Waals surface area contributed by atoms with E-state index in [2.05, 4.69) is 86.6 Å². The average Bonchev–Trinajstić information content (AvgIpc) is 3.63. The van der Waals surface area contributed by atoms with Gasteiger partial charge in [0.15, 0.2) is 5.82 Å². The van der Waals surface area contributed by atoms with Crippen molar-refractivity contribution in [3.63, 3.8) is 0 Å². The highest BCUT2D eigenvalue weighted by Gasteiger charge is 2.32. The fourth-order valence-corrected chi connectivity index (χ4v) is 6.15. The number of methoxy groups -OCH3 is 1. The van der Waals surface area contributed by atoms with E-state index in [4.69, 9.17) is 14.9 Å². The minimum Gasteiger partial charge on any atom is -0.497 e. The van der Waals surface area contributed by atoms with Gasteiger partial charge < -0.3 is 19.6 Å². The van der Waals surface area contributed by atoms with Crippen LogP contribution in [-0.2, 0) is 30.6 Å². The molecule has 42 heavy (non-hydrogen) atoms. The number of likely N-dealkylation sites (tertiary alicyclic amines) is 1. The first-order chi connectivity index (χ1) is 20.7. The Kier molecular flexibility index (Phi) is 8.61. The van der Waals surface area contributed by atoms with Gasteiger partial charge in [-0.25, -0.2) is 0 Å². The molecule has 2 aromatic heterocycles. The molecule has 1 fully saturated rings. The Bertz CT molecular complexity index is 1590. The summed E-state index contributed by atoms with van der Waals surface area (Å²) >= 11 is 0. The van der Waals surface area contributed by atoms with Crippen LogP contribution in [0.15, 0.2) is 85.1 Å². The van der Waals surface area contributed by atoms with Crippen molar-refractivity contribution in [2.75, 3.05) is 20.2 Å². The quantitative estimate of drug-likeness (QED) is 0.209. The standard InChI is InChI=1S/C34H37N6O2/c1-42-29-16-13-26(14-17-29)22-40-33(18-15-25-8-3-2-4-9-25)37-38-34(40)32(39-19-7-10-28(23-39)36-24-41)20-27-21-35-31-12-6-5-11-30(27)31/h2-6,8-9,11-14,16-17,21,28,32,35H,7,10,15,18-20,22-23H2,1H3,(H,36,41)/t28-,32-/m1/s1. The smallest absolute Gasteiger partial charge is 0.309 e. The van der Waals surface area contributed by atoms with Crippen molar-refractivity contribution >= 4 is 17.3 Å². The Hall–Kier alpha value is -4.43. The molecule has 2 N–H and O–H groups in total. The van der Waals surface area contributed by atoms with E-state index < -0.39 is 0 Å². The number of para-hydroxylation sites is 1. The minimum absolute atomic E-state index is 0.0170. The third-order valence-electron chi connectivity index (χ3n) is 8.38. The van der Waals surface area contributed by atoms with Gasteiger partial charge in [0.05, 0.1) is 19.7 Å². The second-order valence-corrected chi connectivity index (χ2v) is 11.1. The summed E-state index contributed by atoms with van der Waals surface area (Å²) in [5, 5.41) is 13.8. The molecule has 1 radical (unpaired) electrons. The van der Waals surface area contributed by atoms with Crippen LogP contribution in [0.4, 0.5) is 0 Å². The van der Waals surface area contributed by atoms with E-state index in [1.54, 1.807) is 7.11 Å². The molecule has 8 nitrogen and oxygen atoms in total. The first kappa shape index (κ1) is 27.7. The Morgan fingerprint density at radius 3 is 2.62 bits per heavy atom. The SMILES string of the molecule is COc1ccc(Cn2c(CCc3ccccc3)nnc2[C@@H](Cc2c[nH]c3ccccc23)N2CCC[C@@H](N[C]=O)C2)cc1. The molecule has 1 saturated heterocycles. The monoisotopic (exact) mass is 561 g/mol.